The molecule has 1 aromatic heterocycles. The summed E-state index contributed by atoms with van der Waals surface area (Å²) < 4.78 is 11.0. The number of methoxy groups -OCH3 is 1. The highest BCUT2D eigenvalue weighted by molar-refractivity contribution is 7.11. The van der Waals surface area contributed by atoms with Gasteiger partial charge in [-0.3, -0.25) is 0 Å². The Morgan fingerprint density at radius 3 is 2.59 bits per heavy atom. The Balaban J connectivity index is 3.04. The summed E-state index contributed by atoms with van der Waals surface area (Å²) in [5.41, 5.74) is 6.36. The molecule has 1 aromatic rings. The number of hydrogen-bond donors (Lipinski definition) is 1. The lowest BCUT2D eigenvalue weighted by molar-refractivity contribution is -0.0326. The molecule has 1 heterocycles. The van der Waals surface area contributed by atoms with E-state index >= 15 is 0 Å². The molecule has 1 rings (SSSR count). The van der Waals surface area contributed by atoms with Gasteiger partial charge in [0.25, 0.3) is 0 Å². The van der Waals surface area contributed by atoms with Gasteiger partial charge < -0.3 is 15.2 Å². The second-order valence-corrected chi connectivity index (χ2v) is 5.13. The van der Waals surface area contributed by atoms with Crippen LogP contribution < -0.4 is 5.73 Å². The minimum Gasteiger partial charge on any atom is -0.378 e. The minimum atomic E-state index is -0.310. The van der Waals surface area contributed by atoms with E-state index in [4.69, 9.17) is 15.2 Å². The van der Waals surface area contributed by atoms with Gasteiger partial charge in [-0.2, -0.15) is 0 Å². The maximum Gasteiger partial charge on any atom is 0.125 e. The monoisotopic (exact) mass is 258 g/mol. The Labute approximate surface area is 107 Å². The van der Waals surface area contributed by atoms with E-state index < -0.39 is 0 Å². The van der Waals surface area contributed by atoms with Gasteiger partial charge in [-0.05, 0) is 20.3 Å². The van der Waals surface area contributed by atoms with Gasteiger partial charge in [0.1, 0.15) is 10.6 Å². The Morgan fingerprint density at radius 2 is 2.12 bits per heavy atom. The van der Waals surface area contributed by atoms with E-state index in [0.717, 1.165) is 22.0 Å². The maximum absolute atomic E-state index is 5.82. The highest BCUT2D eigenvalue weighted by Crippen LogP contribution is 2.34. The van der Waals surface area contributed by atoms with Crippen molar-refractivity contribution in [1.29, 1.82) is 0 Å². The number of nitrogens with zero attached hydrogens (tertiary/aromatic N) is 1. The van der Waals surface area contributed by atoms with Crippen molar-refractivity contribution in [2.45, 2.75) is 45.9 Å². The fourth-order valence-corrected chi connectivity index (χ4v) is 2.77. The summed E-state index contributed by atoms with van der Waals surface area (Å²) in [6, 6.07) is 0. The molecule has 0 aliphatic rings. The van der Waals surface area contributed by atoms with Crippen LogP contribution in [0.1, 0.15) is 42.8 Å². The average molecular weight is 258 g/mol. The van der Waals surface area contributed by atoms with E-state index in [-0.39, 0.29) is 5.60 Å². The lowest BCUT2D eigenvalue weighted by atomic mass is 10.0. The van der Waals surface area contributed by atoms with Crippen LogP contribution in [0.4, 0.5) is 0 Å². The molecule has 4 nitrogen and oxygen atoms in total. The maximum atomic E-state index is 5.82. The van der Waals surface area contributed by atoms with Gasteiger partial charge in [-0.1, -0.05) is 6.92 Å². The van der Waals surface area contributed by atoms with Crippen LogP contribution in [-0.2, 0) is 28.2 Å². The Hall–Kier alpha value is -0.490. The lowest BCUT2D eigenvalue weighted by Crippen LogP contribution is -2.24. The van der Waals surface area contributed by atoms with Crippen molar-refractivity contribution in [1.82, 2.24) is 4.98 Å². The summed E-state index contributed by atoms with van der Waals surface area (Å²) in [5, 5.41) is 0.995. The fourth-order valence-electron chi connectivity index (χ4n) is 1.65. The Bertz CT molecular complexity index is 354. The molecule has 0 saturated carbocycles. The molecule has 17 heavy (non-hydrogen) atoms. The van der Waals surface area contributed by atoms with Crippen LogP contribution in [0.2, 0.25) is 0 Å². The second-order valence-electron chi connectivity index (χ2n) is 4.04. The first-order chi connectivity index (χ1) is 8.11. The largest absolute Gasteiger partial charge is 0.378 e. The van der Waals surface area contributed by atoms with Gasteiger partial charge in [-0.15, -0.1) is 11.3 Å². The lowest BCUT2D eigenvalue weighted by Gasteiger charge is -2.25. The smallest absolute Gasteiger partial charge is 0.125 e. The molecule has 0 aliphatic carbocycles. The molecule has 5 heteroatoms. The molecule has 0 radical (unpaired) electrons. The molecule has 0 aliphatic heterocycles. The van der Waals surface area contributed by atoms with E-state index in [1.54, 1.807) is 18.4 Å². The summed E-state index contributed by atoms with van der Waals surface area (Å²) in [7, 11) is 1.67. The molecule has 0 aromatic carbocycles. The average Bonchev–Trinajstić information content (AvgIpc) is 2.73. The summed E-state index contributed by atoms with van der Waals surface area (Å²) in [6.45, 7) is 7.88. The third-order valence-corrected chi connectivity index (χ3v) is 4.20. The van der Waals surface area contributed by atoms with Gasteiger partial charge in [0.2, 0.25) is 0 Å². The molecule has 0 amide bonds. The van der Waals surface area contributed by atoms with Crippen LogP contribution >= 0.6 is 11.3 Å². The van der Waals surface area contributed by atoms with Gasteiger partial charge in [0.05, 0.1) is 12.3 Å². The molecule has 0 saturated heterocycles. The number of rotatable bonds is 7. The quantitative estimate of drug-likeness (QED) is 0.816. The topological polar surface area (TPSA) is 57.4 Å². The molecular weight excluding hydrogens is 236 g/mol. The van der Waals surface area contributed by atoms with E-state index in [1.807, 2.05) is 6.92 Å². The van der Waals surface area contributed by atoms with Crippen molar-refractivity contribution in [2.75, 3.05) is 13.7 Å². The Morgan fingerprint density at radius 1 is 1.41 bits per heavy atom. The standard InChI is InChI=1S/C12H22N2O2S/c1-5-12(3,16-6-2)11-14-9(8-15-4)10(7-13)17-11/h5-8,13H2,1-4H3. The fraction of sp³-hybridized carbons (Fsp3) is 0.750. The summed E-state index contributed by atoms with van der Waals surface area (Å²) in [6.07, 6.45) is 0.894. The number of ether oxygens (including phenoxy) is 2. The third kappa shape index (κ3) is 3.25. The SMILES string of the molecule is CCOC(C)(CC)c1nc(COC)c(CN)s1. The normalized spacial score (nSPS) is 14.9. The number of nitrogens with two attached hydrogens (primary N) is 1. The molecule has 2 N–H and O–H groups in total. The van der Waals surface area contributed by atoms with Crippen LogP contribution in [0.15, 0.2) is 0 Å². The van der Waals surface area contributed by atoms with E-state index in [2.05, 4.69) is 18.8 Å². The highest BCUT2D eigenvalue weighted by Gasteiger charge is 2.29. The summed E-state index contributed by atoms with van der Waals surface area (Å²) in [5.74, 6) is 0. The zero-order chi connectivity index (χ0) is 12.9. The van der Waals surface area contributed by atoms with Crippen LogP contribution in [0.3, 0.4) is 0 Å². The van der Waals surface area contributed by atoms with Crippen molar-refractivity contribution in [3.63, 3.8) is 0 Å². The van der Waals surface area contributed by atoms with Crippen molar-refractivity contribution < 1.29 is 9.47 Å². The number of aromatic nitrogens is 1. The molecule has 0 spiro atoms. The zero-order valence-corrected chi connectivity index (χ0v) is 11.9. The second kappa shape index (κ2) is 6.44. The Kier molecular flexibility index (Phi) is 5.52. The van der Waals surface area contributed by atoms with Crippen molar-refractivity contribution in [3.05, 3.63) is 15.6 Å². The summed E-state index contributed by atoms with van der Waals surface area (Å²) in [4.78, 5) is 5.71. The predicted octanol–water partition coefficient (Wildman–Crippen LogP) is 2.41. The van der Waals surface area contributed by atoms with Crippen LogP contribution in [-0.4, -0.2) is 18.7 Å². The van der Waals surface area contributed by atoms with Crippen molar-refractivity contribution in [2.24, 2.45) is 5.73 Å². The number of thiazole rings is 1. The first-order valence-corrected chi connectivity index (χ1v) is 6.74. The van der Waals surface area contributed by atoms with Gasteiger partial charge in [0.15, 0.2) is 0 Å². The molecule has 1 atom stereocenters. The van der Waals surface area contributed by atoms with Crippen LogP contribution in [0.25, 0.3) is 0 Å². The van der Waals surface area contributed by atoms with E-state index in [9.17, 15) is 0 Å². The van der Waals surface area contributed by atoms with Crippen molar-refractivity contribution in [3.8, 4) is 0 Å². The van der Waals surface area contributed by atoms with Gasteiger partial charge in [-0.25, -0.2) is 4.98 Å². The highest BCUT2D eigenvalue weighted by atomic mass is 32.1. The molecule has 0 fully saturated rings. The van der Waals surface area contributed by atoms with E-state index in [0.29, 0.717) is 19.8 Å². The molecule has 0 bridgehead atoms. The van der Waals surface area contributed by atoms with Crippen LogP contribution in [0, 0.1) is 0 Å². The molecule has 98 valence electrons. The van der Waals surface area contributed by atoms with Gasteiger partial charge in [0, 0.05) is 25.1 Å². The van der Waals surface area contributed by atoms with Gasteiger partial charge >= 0.3 is 0 Å². The zero-order valence-electron chi connectivity index (χ0n) is 11.1. The molecule has 1 unspecified atom stereocenters. The number of hydrogen-bond acceptors (Lipinski definition) is 5. The summed E-state index contributed by atoms with van der Waals surface area (Å²) >= 11 is 1.63. The predicted molar refractivity (Wildman–Crippen MR) is 70.0 cm³/mol. The van der Waals surface area contributed by atoms with E-state index in [1.165, 1.54) is 0 Å². The first kappa shape index (κ1) is 14.6. The third-order valence-electron chi connectivity index (χ3n) is 2.83. The van der Waals surface area contributed by atoms with Crippen molar-refractivity contribution >= 4 is 11.3 Å². The molecular formula is C12H22N2O2S. The first-order valence-electron chi connectivity index (χ1n) is 5.93. The minimum absolute atomic E-state index is 0.310. The van der Waals surface area contributed by atoms with Crippen LogP contribution in [0.5, 0.6) is 0 Å².